The first-order valence-corrected chi connectivity index (χ1v) is 21.0. The maximum Gasteiger partial charge on any atom is 0.305 e. The Balaban J connectivity index is 2.06. The summed E-state index contributed by atoms with van der Waals surface area (Å²) in [4.78, 5) is 24.8. The third kappa shape index (κ3) is 32.0. The van der Waals surface area contributed by atoms with E-state index in [4.69, 9.17) is 18.9 Å². The predicted molar refractivity (Wildman–Crippen MR) is 205 cm³/mol. The number of esters is 2. The molecular formula is C43H78O6. The van der Waals surface area contributed by atoms with E-state index in [-0.39, 0.29) is 31.4 Å². The molecule has 6 heteroatoms. The van der Waals surface area contributed by atoms with Gasteiger partial charge in [-0.15, -0.1) is 0 Å². The molecular weight excluding hydrogens is 612 g/mol. The Bertz CT molecular complexity index is 731. The van der Waals surface area contributed by atoms with E-state index >= 15 is 0 Å². The largest absolute Gasteiger partial charge is 0.463 e. The highest BCUT2D eigenvalue weighted by atomic mass is 16.7. The summed E-state index contributed by atoms with van der Waals surface area (Å²) in [5.41, 5.74) is 0. The van der Waals surface area contributed by atoms with Crippen LogP contribution in [0.4, 0.5) is 0 Å². The highest BCUT2D eigenvalue weighted by Gasteiger charge is 2.23. The zero-order chi connectivity index (χ0) is 35.3. The minimum atomic E-state index is -0.501. The summed E-state index contributed by atoms with van der Waals surface area (Å²) in [5.74, 6) is -0.420. The topological polar surface area (TPSA) is 71.1 Å². The van der Waals surface area contributed by atoms with Crippen molar-refractivity contribution in [3.63, 3.8) is 0 Å². The fourth-order valence-electron chi connectivity index (χ4n) is 6.19. The van der Waals surface area contributed by atoms with Crippen molar-refractivity contribution in [1.29, 1.82) is 0 Å². The molecule has 0 amide bonds. The van der Waals surface area contributed by atoms with Crippen LogP contribution in [0.5, 0.6) is 0 Å². The number of unbranched alkanes of at least 4 members (excludes halogenated alkanes) is 22. The molecule has 1 atom stereocenters. The van der Waals surface area contributed by atoms with Crippen LogP contribution in [0.1, 0.15) is 206 Å². The van der Waals surface area contributed by atoms with E-state index in [9.17, 15) is 9.59 Å². The maximum atomic E-state index is 12.4. The molecule has 0 saturated carbocycles. The molecule has 1 saturated heterocycles. The van der Waals surface area contributed by atoms with Crippen LogP contribution in [-0.4, -0.2) is 44.2 Å². The van der Waals surface area contributed by atoms with Crippen molar-refractivity contribution >= 4 is 11.9 Å². The normalized spacial score (nSPS) is 14.9. The second-order valence-electron chi connectivity index (χ2n) is 14.2. The number of carbonyl (C=O) groups excluding carboxylic acids is 2. The first-order valence-electron chi connectivity index (χ1n) is 21.0. The van der Waals surface area contributed by atoms with Gasteiger partial charge in [-0.1, -0.05) is 141 Å². The second kappa shape index (κ2) is 36.1. The quantitative estimate of drug-likeness (QED) is 0.0370. The van der Waals surface area contributed by atoms with Gasteiger partial charge < -0.3 is 18.9 Å². The summed E-state index contributed by atoms with van der Waals surface area (Å²) >= 11 is 0. The maximum absolute atomic E-state index is 12.4. The van der Waals surface area contributed by atoms with Crippen molar-refractivity contribution in [3.8, 4) is 0 Å². The first-order chi connectivity index (χ1) is 24.2. The van der Waals surface area contributed by atoms with Crippen LogP contribution in [0.15, 0.2) is 24.3 Å². The molecule has 1 heterocycles. The lowest BCUT2D eigenvalue weighted by Crippen LogP contribution is -2.32. The lowest BCUT2D eigenvalue weighted by molar-refractivity contribution is -0.183. The zero-order valence-electron chi connectivity index (χ0n) is 32.2. The summed E-state index contributed by atoms with van der Waals surface area (Å²) in [6.45, 7) is 5.37. The lowest BCUT2D eigenvalue weighted by Gasteiger charge is -2.21. The van der Waals surface area contributed by atoms with Gasteiger partial charge in [0.2, 0.25) is 0 Å². The SMILES string of the molecule is CCCCCCCC/C=C\CCCCCCCC(=O)OCC(COC(=O)CCCCCCC/C=C\CCCCCCCC)OC1CCCO1. The number of hydrogen-bond acceptors (Lipinski definition) is 6. The molecule has 0 aliphatic carbocycles. The highest BCUT2D eigenvalue weighted by molar-refractivity contribution is 5.69. The van der Waals surface area contributed by atoms with Gasteiger partial charge in [0.1, 0.15) is 19.3 Å². The average molecular weight is 691 g/mol. The third-order valence-electron chi connectivity index (χ3n) is 9.38. The fourth-order valence-corrected chi connectivity index (χ4v) is 6.19. The number of rotatable bonds is 36. The van der Waals surface area contributed by atoms with Crippen molar-refractivity contribution in [1.82, 2.24) is 0 Å². The molecule has 1 aliphatic heterocycles. The smallest absolute Gasteiger partial charge is 0.305 e. The highest BCUT2D eigenvalue weighted by Crippen LogP contribution is 2.17. The molecule has 1 rings (SSSR count). The monoisotopic (exact) mass is 691 g/mol. The van der Waals surface area contributed by atoms with E-state index in [0.717, 1.165) is 64.2 Å². The van der Waals surface area contributed by atoms with Crippen LogP contribution in [0, 0.1) is 0 Å². The molecule has 286 valence electrons. The van der Waals surface area contributed by atoms with Crippen LogP contribution >= 0.6 is 0 Å². The van der Waals surface area contributed by atoms with Crippen LogP contribution in [0.2, 0.25) is 0 Å². The number of ether oxygens (including phenoxy) is 4. The Morgan fingerprint density at radius 2 is 0.918 bits per heavy atom. The molecule has 0 aromatic rings. The Kier molecular flexibility index (Phi) is 33.5. The van der Waals surface area contributed by atoms with Crippen LogP contribution in [0.25, 0.3) is 0 Å². The van der Waals surface area contributed by atoms with Gasteiger partial charge in [-0.2, -0.15) is 0 Å². The van der Waals surface area contributed by atoms with Crippen molar-refractivity contribution in [3.05, 3.63) is 24.3 Å². The van der Waals surface area contributed by atoms with Crippen LogP contribution < -0.4 is 0 Å². The third-order valence-corrected chi connectivity index (χ3v) is 9.38. The Hall–Kier alpha value is -1.66. The van der Waals surface area contributed by atoms with Gasteiger partial charge in [-0.05, 0) is 70.6 Å². The second-order valence-corrected chi connectivity index (χ2v) is 14.2. The van der Waals surface area contributed by atoms with Crippen molar-refractivity contribution in [2.75, 3.05) is 19.8 Å². The zero-order valence-corrected chi connectivity index (χ0v) is 32.2. The first kappa shape index (κ1) is 45.4. The molecule has 49 heavy (non-hydrogen) atoms. The molecule has 1 fully saturated rings. The minimum Gasteiger partial charge on any atom is -0.463 e. The average Bonchev–Trinajstić information content (AvgIpc) is 3.62. The fraction of sp³-hybridized carbons (Fsp3) is 0.860. The van der Waals surface area contributed by atoms with Gasteiger partial charge in [-0.25, -0.2) is 0 Å². The van der Waals surface area contributed by atoms with Crippen LogP contribution in [-0.2, 0) is 28.5 Å². The molecule has 0 N–H and O–H groups in total. The molecule has 0 aromatic carbocycles. The van der Waals surface area contributed by atoms with E-state index in [0.29, 0.717) is 19.4 Å². The number of allylic oxidation sites excluding steroid dienone is 4. The molecule has 1 aliphatic rings. The van der Waals surface area contributed by atoms with Gasteiger partial charge >= 0.3 is 11.9 Å². The van der Waals surface area contributed by atoms with E-state index in [2.05, 4.69) is 38.2 Å². The summed E-state index contributed by atoms with van der Waals surface area (Å²) in [6, 6.07) is 0. The van der Waals surface area contributed by atoms with Gasteiger partial charge in [0.05, 0.1) is 0 Å². The van der Waals surface area contributed by atoms with Crippen LogP contribution in [0.3, 0.4) is 0 Å². The van der Waals surface area contributed by atoms with Gasteiger partial charge in [-0.3, -0.25) is 9.59 Å². The van der Waals surface area contributed by atoms with Crippen molar-refractivity contribution < 1.29 is 28.5 Å². The molecule has 0 bridgehead atoms. The minimum absolute atomic E-state index is 0.0878. The van der Waals surface area contributed by atoms with Crippen molar-refractivity contribution in [2.24, 2.45) is 0 Å². The lowest BCUT2D eigenvalue weighted by atomic mass is 10.1. The van der Waals surface area contributed by atoms with E-state index in [1.807, 2.05) is 0 Å². The summed E-state index contributed by atoms with van der Waals surface area (Å²) in [7, 11) is 0. The van der Waals surface area contributed by atoms with E-state index < -0.39 is 6.10 Å². The number of hydrogen-bond donors (Lipinski definition) is 0. The standard InChI is InChI=1S/C43H78O6/c1-3-5-7-9-11-13-15-17-19-21-23-25-27-29-31-34-41(44)47-38-40(49-43-36-33-37-46-43)39-48-42(45)35-32-30-28-26-24-22-20-18-16-14-12-10-8-6-4-2/h17-20,40,43H,3-16,21-39H2,1-2H3/b19-17-,20-18-. The van der Waals surface area contributed by atoms with E-state index in [1.54, 1.807) is 0 Å². The summed E-state index contributed by atoms with van der Waals surface area (Å²) in [6.07, 6.45) is 43.1. The van der Waals surface area contributed by atoms with Crippen molar-refractivity contribution in [2.45, 2.75) is 219 Å². The number of carbonyl (C=O) groups is 2. The summed E-state index contributed by atoms with van der Waals surface area (Å²) < 4.78 is 22.7. The molecule has 6 nitrogen and oxygen atoms in total. The Morgan fingerprint density at radius 1 is 0.551 bits per heavy atom. The Morgan fingerprint density at radius 3 is 1.29 bits per heavy atom. The molecule has 0 aromatic heterocycles. The predicted octanol–water partition coefficient (Wildman–Crippen LogP) is 12.7. The molecule has 0 radical (unpaired) electrons. The molecule has 1 unspecified atom stereocenters. The van der Waals surface area contributed by atoms with Gasteiger partial charge in [0, 0.05) is 25.9 Å². The van der Waals surface area contributed by atoms with Gasteiger partial charge in [0.15, 0.2) is 6.29 Å². The Labute approximate surface area is 302 Å². The van der Waals surface area contributed by atoms with E-state index in [1.165, 1.54) is 116 Å². The van der Waals surface area contributed by atoms with Gasteiger partial charge in [0.25, 0.3) is 0 Å². The molecule has 0 spiro atoms. The summed E-state index contributed by atoms with van der Waals surface area (Å²) in [5, 5.41) is 0.